The van der Waals surface area contributed by atoms with Gasteiger partial charge in [0.2, 0.25) is 11.8 Å². The number of amides is 2. The van der Waals surface area contributed by atoms with Crippen molar-refractivity contribution in [2.45, 2.75) is 12.5 Å². The molecular weight excluding hydrogens is 244 g/mol. The second kappa shape index (κ2) is 7.20. The minimum atomic E-state index is -0.621. The molecule has 1 aromatic rings. The Morgan fingerprint density at radius 1 is 1.37 bits per heavy atom. The Morgan fingerprint density at radius 3 is 2.47 bits per heavy atom. The zero-order valence-corrected chi connectivity index (χ0v) is 11.1. The summed E-state index contributed by atoms with van der Waals surface area (Å²) in [6, 6.07) is 6.71. The molecule has 0 aliphatic carbocycles. The Labute approximate surface area is 112 Å². The number of carbonyl (C=O) groups excluding carboxylic acids is 2. The predicted octanol–water partition coefficient (Wildman–Crippen LogP) is 0.654. The van der Waals surface area contributed by atoms with Crippen LogP contribution >= 0.6 is 0 Å². The van der Waals surface area contributed by atoms with Gasteiger partial charge in [0.25, 0.3) is 0 Å². The molecule has 0 aliphatic rings. The van der Waals surface area contributed by atoms with Crippen LogP contribution in [0.1, 0.15) is 5.56 Å². The molecular formula is C14H18N2O3. The van der Waals surface area contributed by atoms with Gasteiger partial charge in [0.1, 0.15) is 11.8 Å². The number of ether oxygens (including phenoxy) is 1. The maximum atomic E-state index is 11.7. The third kappa shape index (κ3) is 4.46. The van der Waals surface area contributed by atoms with E-state index in [1.54, 1.807) is 7.11 Å². The largest absolute Gasteiger partial charge is 0.497 e. The second-order valence-corrected chi connectivity index (χ2v) is 3.93. The van der Waals surface area contributed by atoms with Gasteiger partial charge in [-0.2, -0.15) is 0 Å². The monoisotopic (exact) mass is 262 g/mol. The van der Waals surface area contributed by atoms with Crippen molar-refractivity contribution in [3.8, 4) is 5.75 Å². The minimum absolute atomic E-state index is 0.244. The van der Waals surface area contributed by atoms with Gasteiger partial charge < -0.3 is 15.4 Å². The molecule has 0 saturated heterocycles. The lowest BCUT2D eigenvalue weighted by Gasteiger charge is -2.16. The first-order chi connectivity index (χ1) is 9.10. The number of likely N-dealkylation sites (N-methyl/N-ethyl adjacent to an activating group) is 1. The fourth-order valence-corrected chi connectivity index (χ4v) is 1.61. The van der Waals surface area contributed by atoms with Gasteiger partial charge in [-0.25, -0.2) is 0 Å². The summed E-state index contributed by atoms with van der Waals surface area (Å²) in [6.07, 6.45) is 1.55. The SMILES string of the molecule is C=CC(=O)N[C@@H](Cc1ccc(OC)cc1)C(=O)NC. The van der Waals surface area contributed by atoms with Crippen molar-refractivity contribution in [3.05, 3.63) is 42.5 Å². The molecule has 2 N–H and O–H groups in total. The summed E-state index contributed by atoms with van der Waals surface area (Å²) >= 11 is 0. The van der Waals surface area contributed by atoms with Gasteiger partial charge >= 0.3 is 0 Å². The highest BCUT2D eigenvalue weighted by molar-refractivity contribution is 5.92. The molecule has 2 amide bonds. The fourth-order valence-electron chi connectivity index (χ4n) is 1.61. The van der Waals surface area contributed by atoms with E-state index in [0.717, 1.165) is 17.4 Å². The van der Waals surface area contributed by atoms with E-state index in [2.05, 4.69) is 17.2 Å². The van der Waals surface area contributed by atoms with Gasteiger partial charge in [0.15, 0.2) is 0 Å². The van der Waals surface area contributed by atoms with Crippen LogP contribution in [0.3, 0.4) is 0 Å². The quantitative estimate of drug-likeness (QED) is 0.740. The Morgan fingerprint density at radius 2 is 2.00 bits per heavy atom. The lowest BCUT2D eigenvalue weighted by atomic mass is 10.0. The van der Waals surface area contributed by atoms with Crippen molar-refractivity contribution in [1.29, 1.82) is 0 Å². The summed E-state index contributed by atoms with van der Waals surface area (Å²) in [7, 11) is 3.12. The smallest absolute Gasteiger partial charge is 0.244 e. The van der Waals surface area contributed by atoms with Crippen LogP contribution in [-0.2, 0) is 16.0 Å². The number of carbonyl (C=O) groups is 2. The van der Waals surface area contributed by atoms with Crippen LogP contribution in [0.25, 0.3) is 0 Å². The highest BCUT2D eigenvalue weighted by atomic mass is 16.5. The summed E-state index contributed by atoms with van der Waals surface area (Å²) in [5, 5.41) is 5.12. The molecule has 0 aromatic heterocycles. The van der Waals surface area contributed by atoms with Crippen molar-refractivity contribution in [1.82, 2.24) is 10.6 Å². The average Bonchev–Trinajstić information content (AvgIpc) is 2.46. The maximum Gasteiger partial charge on any atom is 0.244 e. The predicted molar refractivity (Wildman–Crippen MR) is 72.9 cm³/mol. The average molecular weight is 262 g/mol. The lowest BCUT2D eigenvalue weighted by molar-refractivity contribution is -0.126. The standard InChI is InChI=1S/C14H18N2O3/c1-4-13(17)16-12(14(18)15-2)9-10-5-7-11(19-3)8-6-10/h4-8,12H,1,9H2,2-3H3,(H,15,18)(H,16,17)/t12-/m0/s1. The van der Waals surface area contributed by atoms with Crippen molar-refractivity contribution in [2.75, 3.05) is 14.2 Å². The summed E-state index contributed by atoms with van der Waals surface area (Å²) < 4.78 is 5.06. The molecule has 5 nitrogen and oxygen atoms in total. The first-order valence-electron chi connectivity index (χ1n) is 5.88. The van der Waals surface area contributed by atoms with Gasteiger partial charge in [0.05, 0.1) is 7.11 Å². The van der Waals surface area contributed by atoms with Crippen molar-refractivity contribution in [3.63, 3.8) is 0 Å². The van der Waals surface area contributed by atoms with Crippen molar-refractivity contribution >= 4 is 11.8 Å². The Kier molecular flexibility index (Phi) is 5.60. The molecule has 19 heavy (non-hydrogen) atoms. The zero-order chi connectivity index (χ0) is 14.3. The molecule has 102 valence electrons. The van der Waals surface area contributed by atoms with E-state index < -0.39 is 6.04 Å². The number of methoxy groups -OCH3 is 1. The minimum Gasteiger partial charge on any atom is -0.497 e. The summed E-state index contributed by atoms with van der Waals surface area (Å²) in [6.45, 7) is 3.37. The first-order valence-corrected chi connectivity index (χ1v) is 5.88. The molecule has 1 aromatic carbocycles. The molecule has 5 heteroatoms. The van der Waals surface area contributed by atoms with Crippen molar-refractivity contribution in [2.24, 2.45) is 0 Å². The third-order valence-corrected chi connectivity index (χ3v) is 2.66. The maximum absolute atomic E-state index is 11.7. The number of rotatable bonds is 6. The molecule has 0 heterocycles. The molecule has 0 aliphatic heterocycles. The van der Waals surface area contributed by atoms with Crippen LogP contribution in [0, 0.1) is 0 Å². The molecule has 0 fully saturated rings. The van der Waals surface area contributed by atoms with E-state index in [1.807, 2.05) is 24.3 Å². The molecule has 1 atom stereocenters. The van der Waals surface area contributed by atoms with Gasteiger partial charge in [-0.15, -0.1) is 0 Å². The highest BCUT2D eigenvalue weighted by Gasteiger charge is 2.18. The van der Waals surface area contributed by atoms with E-state index in [0.29, 0.717) is 6.42 Å². The fraction of sp³-hybridized carbons (Fsp3) is 0.286. The molecule has 0 radical (unpaired) electrons. The van der Waals surface area contributed by atoms with Crippen LogP contribution in [0.5, 0.6) is 5.75 Å². The number of nitrogens with one attached hydrogen (secondary N) is 2. The molecule has 0 spiro atoms. The Balaban J connectivity index is 2.77. The third-order valence-electron chi connectivity index (χ3n) is 2.66. The van der Waals surface area contributed by atoms with E-state index in [9.17, 15) is 9.59 Å². The summed E-state index contributed by atoms with van der Waals surface area (Å²) in [5.41, 5.74) is 0.929. The topological polar surface area (TPSA) is 67.4 Å². The first kappa shape index (κ1) is 14.8. The summed E-state index contributed by atoms with van der Waals surface area (Å²) in [4.78, 5) is 23.0. The van der Waals surface area contributed by atoms with Crippen LogP contribution in [-0.4, -0.2) is 32.0 Å². The van der Waals surface area contributed by atoms with Gasteiger partial charge in [-0.05, 0) is 23.8 Å². The molecule has 0 unspecified atom stereocenters. The second-order valence-electron chi connectivity index (χ2n) is 3.93. The molecule has 1 rings (SSSR count). The van der Waals surface area contributed by atoms with Gasteiger partial charge in [0, 0.05) is 13.5 Å². The van der Waals surface area contributed by atoms with Crippen LogP contribution < -0.4 is 15.4 Å². The molecule has 0 saturated carbocycles. The van der Waals surface area contributed by atoms with Gasteiger partial charge in [-0.1, -0.05) is 18.7 Å². The van der Waals surface area contributed by atoms with Crippen molar-refractivity contribution < 1.29 is 14.3 Å². The van der Waals surface area contributed by atoms with E-state index >= 15 is 0 Å². The van der Waals surface area contributed by atoms with Gasteiger partial charge in [-0.3, -0.25) is 9.59 Å². The Bertz CT molecular complexity index is 454. The van der Waals surface area contributed by atoms with Crippen LogP contribution in [0.15, 0.2) is 36.9 Å². The lowest BCUT2D eigenvalue weighted by Crippen LogP contribution is -2.46. The highest BCUT2D eigenvalue weighted by Crippen LogP contribution is 2.12. The number of hydrogen-bond acceptors (Lipinski definition) is 3. The van der Waals surface area contributed by atoms with Crippen LogP contribution in [0.4, 0.5) is 0 Å². The van der Waals surface area contributed by atoms with Crippen LogP contribution in [0.2, 0.25) is 0 Å². The Hall–Kier alpha value is -2.30. The number of benzene rings is 1. The number of hydrogen-bond donors (Lipinski definition) is 2. The normalized spacial score (nSPS) is 11.3. The zero-order valence-electron chi connectivity index (χ0n) is 11.1. The van der Waals surface area contributed by atoms with E-state index in [-0.39, 0.29) is 11.8 Å². The summed E-state index contributed by atoms with van der Waals surface area (Å²) in [5.74, 6) is 0.128. The molecule has 0 bridgehead atoms. The van der Waals surface area contributed by atoms with E-state index in [1.165, 1.54) is 7.05 Å². The van der Waals surface area contributed by atoms with E-state index in [4.69, 9.17) is 4.74 Å².